The number of nitrogens with one attached hydrogen (secondary N) is 1. The SMILES string of the molecule is COc1ccc(CN(C)C)cc1NS(N)(=O)=O. The lowest BCUT2D eigenvalue weighted by atomic mass is 10.2. The molecule has 17 heavy (non-hydrogen) atoms. The van der Waals surface area contributed by atoms with Crippen molar-refractivity contribution in [3.05, 3.63) is 23.8 Å². The predicted molar refractivity (Wildman–Crippen MR) is 67.1 cm³/mol. The Morgan fingerprint density at radius 2 is 2.06 bits per heavy atom. The summed E-state index contributed by atoms with van der Waals surface area (Å²) < 4.78 is 29.3. The van der Waals surface area contributed by atoms with Gasteiger partial charge < -0.3 is 9.64 Å². The lowest BCUT2D eigenvalue weighted by molar-refractivity contribution is 0.400. The first-order valence-electron chi connectivity index (χ1n) is 4.94. The van der Waals surface area contributed by atoms with Crippen molar-refractivity contribution in [3.8, 4) is 5.75 Å². The zero-order chi connectivity index (χ0) is 13.1. The highest BCUT2D eigenvalue weighted by molar-refractivity contribution is 7.90. The molecule has 0 saturated heterocycles. The summed E-state index contributed by atoms with van der Waals surface area (Å²) in [5, 5.41) is 4.94. The second-order valence-electron chi connectivity index (χ2n) is 3.92. The molecular formula is C10H17N3O3S. The van der Waals surface area contributed by atoms with Gasteiger partial charge in [-0.3, -0.25) is 4.72 Å². The molecule has 0 saturated carbocycles. The van der Waals surface area contributed by atoms with Crippen LogP contribution < -0.4 is 14.6 Å². The number of anilines is 1. The number of ether oxygens (including phenoxy) is 1. The van der Waals surface area contributed by atoms with E-state index < -0.39 is 10.2 Å². The quantitative estimate of drug-likeness (QED) is 0.800. The highest BCUT2D eigenvalue weighted by Crippen LogP contribution is 2.26. The molecule has 0 aromatic heterocycles. The lowest BCUT2D eigenvalue weighted by Crippen LogP contribution is -2.22. The van der Waals surface area contributed by atoms with E-state index in [4.69, 9.17) is 9.88 Å². The number of rotatable bonds is 5. The normalized spacial score (nSPS) is 11.6. The molecule has 0 unspecified atom stereocenters. The zero-order valence-electron chi connectivity index (χ0n) is 10.1. The molecule has 1 rings (SSSR count). The molecule has 7 heteroatoms. The molecule has 1 aromatic carbocycles. The summed E-state index contributed by atoms with van der Waals surface area (Å²) in [7, 11) is 1.52. The highest BCUT2D eigenvalue weighted by atomic mass is 32.2. The Hall–Kier alpha value is -1.31. The second-order valence-corrected chi connectivity index (χ2v) is 5.21. The van der Waals surface area contributed by atoms with Crippen molar-refractivity contribution in [1.29, 1.82) is 0 Å². The minimum Gasteiger partial charge on any atom is -0.495 e. The van der Waals surface area contributed by atoms with Gasteiger partial charge in [0.05, 0.1) is 12.8 Å². The van der Waals surface area contributed by atoms with Crippen LogP contribution in [-0.4, -0.2) is 34.5 Å². The minimum absolute atomic E-state index is 0.342. The predicted octanol–water partition coefficient (Wildman–Crippen LogP) is 0.372. The van der Waals surface area contributed by atoms with E-state index in [0.29, 0.717) is 18.0 Å². The number of nitrogens with zero attached hydrogens (tertiary/aromatic N) is 1. The Morgan fingerprint density at radius 3 is 2.53 bits per heavy atom. The van der Waals surface area contributed by atoms with E-state index in [9.17, 15) is 8.42 Å². The van der Waals surface area contributed by atoms with Gasteiger partial charge in [-0.25, -0.2) is 5.14 Å². The van der Waals surface area contributed by atoms with Crippen LogP contribution in [0.3, 0.4) is 0 Å². The third-order valence-corrected chi connectivity index (χ3v) is 2.52. The van der Waals surface area contributed by atoms with Gasteiger partial charge in [0.2, 0.25) is 0 Å². The van der Waals surface area contributed by atoms with E-state index in [1.807, 2.05) is 25.1 Å². The van der Waals surface area contributed by atoms with Crippen molar-refractivity contribution in [1.82, 2.24) is 4.90 Å². The molecule has 1 aromatic rings. The topological polar surface area (TPSA) is 84.7 Å². The molecular weight excluding hydrogens is 242 g/mol. The van der Waals surface area contributed by atoms with Crippen LogP contribution in [0.4, 0.5) is 5.69 Å². The van der Waals surface area contributed by atoms with E-state index in [2.05, 4.69) is 4.72 Å². The molecule has 0 aliphatic heterocycles. The van der Waals surface area contributed by atoms with E-state index >= 15 is 0 Å². The minimum atomic E-state index is -3.80. The third-order valence-electron chi connectivity index (χ3n) is 2.01. The molecule has 0 bridgehead atoms. The first-order valence-corrected chi connectivity index (χ1v) is 6.48. The smallest absolute Gasteiger partial charge is 0.296 e. The van der Waals surface area contributed by atoms with Crippen molar-refractivity contribution in [2.45, 2.75) is 6.54 Å². The van der Waals surface area contributed by atoms with Crippen LogP contribution in [0, 0.1) is 0 Å². The van der Waals surface area contributed by atoms with E-state index in [0.717, 1.165) is 5.56 Å². The summed E-state index contributed by atoms with van der Waals surface area (Å²) in [4.78, 5) is 1.97. The van der Waals surface area contributed by atoms with Crippen LogP contribution in [0.1, 0.15) is 5.56 Å². The van der Waals surface area contributed by atoms with Crippen molar-refractivity contribution in [2.24, 2.45) is 5.14 Å². The average molecular weight is 259 g/mol. The fourth-order valence-corrected chi connectivity index (χ4v) is 1.92. The number of hydrogen-bond donors (Lipinski definition) is 2. The van der Waals surface area contributed by atoms with Gasteiger partial charge in [0.25, 0.3) is 10.2 Å². The van der Waals surface area contributed by atoms with Gasteiger partial charge in [0.1, 0.15) is 5.75 Å². The number of benzene rings is 1. The third kappa shape index (κ3) is 4.59. The molecule has 96 valence electrons. The Bertz CT molecular complexity index is 486. The summed E-state index contributed by atoms with van der Waals surface area (Å²) >= 11 is 0. The summed E-state index contributed by atoms with van der Waals surface area (Å²) in [6.45, 7) is 0.698. The van der Waals surface area contributed by atoms with Crippen LogP contribution in [0.5, 0.6) is 5.75 Å². The maximum Gasteiger partial charge on any atom is 0.296 e. The summed E-state index contributed by atoms with van der Waals surface area (Å²) in [5.74, 6) is 0.432. The fraction of sp³-hybridized carbons (Fsp3) is 0.400. The van der Waals surface area contributed by atoms with Crippen LogP contribution in [0.15, 0.2) is 18.2 Å². The lowest BCUT2D eigenvalue weighted by Gasteiger charge is -2.14. The van der Waals surface area contributed by atoms with E-state index in [1.54, 1.807) is 12.1 Å². The van der Waals surface area contributed by atoms with Gasteiger partial charge in [0, 0.05) is 6.54 Å². The summed E-state index contributed by atoms with van der Waals surface area (Å²) in [6.07, 6.45) is 0. The maximum absolute atomic E-state index is 11.0. The van der Waals surface area contributed by atoms with Gasteiger partial charge >= 0.3 is 0 Å². The Kier molecular flexibility index (Phi) is 4.33. The molecule has 0 fully saturated rings. The standard InChI is InChI=1S/C10H17N3O3S/c1-13(2)7-8-4-5-10(16-3)9(6-8)12-17(11,14)15/h4-6,12H,7H2,1-3H3,(H2,11,14,15). The second kappa shape index (κ2) is 5.35. The van der Waals surface area contributed by atoms with Crippen molar-refractivity contribution < 1.29 is 13.2 Å². The Balaban J connectivity index is 3.06. The fourth-order valence-electron chi connectivity index (χ4n) is 1.45. The van der Waals surface area contributed by atoms with Crippen molar-refractivity contribution >= 4 is 15.9 Å². The monoisotopic (exact) mass is 259 g/mol. The molecule has 0 atom stereocenters. The van der Waals surface area contributed by atoms with Crippen LogP contribution >= 0.6 is 0 Å². The number of methoxy groups -OCH3 is 1. The number of hydrogen-bond acceptors (Lipinski definition) is 4. The maximum atomic E-state index is 11.0. The van der Waals surface area contributed by atoms with Crippen LogP contribution in [0.2, 0.25) is 0 Å². The van der Waals surface area contributed by atoms with E-state index in [1.165, 1.54) is 7.11 Å². The van der Waals surface area contributed by atoms with Crippen molar-refractivity contribution in [3.63, 3.8) is 0 Å². The molecule has 0 radical (unpaired) electrons. The summed E-state index contributed by atoms with van der Waals surface area (Å²) in [6, 6.07) is 5.27. The zero-order valence-corrected chi connectivity index (χ0v) is 10.9. The largest absolute Gasteiger partial charge is 0.495 e. The number of nitrogens with two attached hydrogens (primary N) is 1. The molecule has 0 spiro atoms. The average Bonchev–Trinajstić information content (AvgIpc) is 2.14. The molecule has 0 heterocycles. The van der Waals surface area contributed by atoms with Crippen LogP contribution in [0.25, 0.3) is 0 Å². The van der Waals surface area contributed by atoms with Gasteiger partial charge in [-0.2, -0.15) is 8.42 Å². The van der Waals surface area contributed by atoms with Crippen molar-refractivity contribution in [2.75, 3.05) is 25.9 Å². The van der Waals surface area contributed by atoms with Crippen LogP contribution in [-0.2, 0) is 16.8 Å². The molecule has 0 amide bonds. The molecule has 0 aliphatic carbocycles. The molecule has 6 nitrogen and oxygen atoms in total. The van der Waals surface area contributed by atoms with Gasteiger partial charge in [-0.05, 0) is 31.8 Å². The van der Waals surface area contributed by atoms with E-state index in [-0.39, 0.29) is 0 Å². The highest BCUT2D eigenvalue weighted by Gasteiger charge is 2.09. The summed E-state index contributed by atoms with van der Waals surface area (Å²) in [5.41, 5.74) is 1.30. The first kappa shape index (κ1) is 13.8. The van der Waals surface area contributed by atoms with Gasteiger partial charge in [-0.15, -0.1) is 0 Å². The first-order chi connectivity index (χ1) is 7.81. The Morgan fingerprint density at radius 1 is 1.41 bits per heavy atom. The Labute approximate surface area is 102 Å². The molecule has 3 N–H and O–H groups in total. The molecule has 0 aliphatic rings. The van der Waals surface area contributed by atoms with Gasteiger partial charge in [0.15, 0.2) is 0 Å². The van der Waals surface area contributed by atoms with Gasteiger partial charge in [-0.1, -0.05) is 6.07 Å².